The van der Waals surface area contributed by atoms with Crippen LogP contribution in [-0.2, 0) is 0 Å². The largest absolute Gasteiger partial charge is 0.406 e. The molecule has 1 aromatic carbocycles. The van der Waals surface area contributed by atoms with Gasteiger partial charge in [-0.1, -0.05) is 24.3 Å². The standard InChI is InChI=1S/C15H13F3N2O2/c1-2-7-20(9-15(16,17)18)14(22)11-8-13(21)19-12-6-4-3-5-10(11)12/h2-6,8H,1,7,9H2,(H,19,21). The van der Waals surface area contributed by atoms with Gasteiger partial charge in [-0.15, -0.1) is 6.58 Å². The summed E-state index contributed by atoms with van der Waals surface area (Å²) in [7, 11) is 0. The van der Waals surface area contributed by atoms with Gasteiger partial charge in [0.1, 0.15) is 6.54 Å². The van der Waals surface area contributed by atoms with E-state index in [0.29, 0.717) is 15.8 Å². The number of aromatic amines is 1. The molecule has 1 amide bonds. The normalized spacial score (nSPS) is 11.4. The third-order valence-electron chi connectivity index (χ3n) is 2.99. The van der Waals surface area contributed by atoms with E-state index in [1.807, 2.05) is 0 Å². The van der Waals surface area contributed by atoms with Crippen molar-refractivity contribution in [1.29, 1.82) is 0 Å². The molecule has 2 rings (SSSR count). The first-order chi connectivity index (χ1) is 10.3. The molecule has 0 spiro atoms. The minimum atomic E-state index is -4.53. The topological polar surface area (TPSA) is 53.2 Å². The monoisotopic (exact) mass is 310 g/mol. The molecule has 116 valence electrons. The molecule has 0 aliphatic rings. The third-order valence-corrected chi connectivity index (χ3v) is 2.99. The third kappa shape index (κ3) is 3.55. The highest BCUT2D eigenvalue weighted by molar-refractivity contribution is 6.06. The van der Waals surface area contributed by atoms with Gasteiger partial charge in [0.05, 0.1) is 5.56 Å². The maximum absolute atomic E-state index is 12.6. The summed E-state index contributed by atoms with van der Waals surface area (Å²) in [5, 5.41) is 0.392. The van der Waals surface area contributed by atoms with Crippen molar-refractivity contribution in [1.82, 2.24) is 9.88 Å². The maximum atomic E-state index is 12.6. The molecule has 0 aliphatic heterocycles. The fraction of sp³-hybridized carbons (Fsp3) is 0.200. The molecule has 0 atom stereocenters. The van der Waals surface area contributed by atoms with Crippen LogP contribution in [0.1, 0.15) is 10.4 Å². The Morgan fingerprint density at radius 2 is 2.00 bits per heavy atom. The maximum Gasteiger partial charge on any atom is 0.406 e. The van der Waals surface area contributed by atoms with E-state index in [2.05, 4.69) is 11.6 Å². The van der Waals surface area contributed by atoms with E-state index in [4.69, 9.17) is 0 Å². The van der Waals surface area contributed by atoms with Crippen LogP contribution in [0.2, 0.25) is 0 Å². The summed E-state index contributed by atoms with van der Waals surface area (Å²) in [5.41, 5.74) is -0.220. The van der Waals surface area contributed by atoms with E-state index in [1.165, 1.54) is 6.08 Å². The number of halogens is 3. The highest BCUT2D eigenvalue weighted by Gasteiger charge is 2.33. The van der Waals surface area contributed by atoms with Crippen LogP contribution >= 0.6 is 0 Å². The zero-order valence-corrected chi connectivity index (χ0v) is 11.5. The van der Waals surface area contributed by atoms with Crippen molar-refractivity contribution in [3.8, 4) is 0 Å². The number of pyridine rings is 1. The molecular weight excluding hydrogens is 297 g/mol. The van der Waals surface area contributed by atoms with Crippen LogP contribution in [0.4, 0.5) is 13.2 Å². The number of rotatable bonds is 4. The second kappa shape index (κ2) is 6.05. The van der Waals surface area contributed by atoms with Gasteiger partial charge >= 0.3 is 6.18 Å². The molecule has 0 aliphatic carbocycles. The highest BCUT2D eigenvalue weighted by atomic mass is 19.4. The van der Waals surface area contributed by atoms with Crippen LogP contribution in [0.15, 0.2) is 47.8 Å². The Morgan fingerprint density at radius 1 is 1.32 bits per heavy atom. The van der Waals surface area contributed by atoms with E-state index >= 15 is 0 Å². The van der Waals surface area contributed by atoms with Crippen molar-refractivity contribution >= 4 is 16.8 Å². The molecule has 7 heteroatoms. The number of fused-ring (bicyclic) bond motifs is 1. The zero-order valence-electron chi connectivity index (χ0n) is 11.5. The fourth-order valence-corrected chi connectivity index (χ4v) is 2.14. The lowest BCUT2D eigenvalue weighted by Gasteiger charge is -2.23. The van der Waals surface area contributed by atoms with E-state index in [0.717, 1.165) is 6.07 Å². The molecule has 0 fully saturated rings. The number of alkyl halides is 3. The van der Waals surface area contributed by atoms with Gasteiger partial charge in [-0.3, -0.25) is 9.59 Å². The van der Waals surface area contributed by atoms with E-state index in [1.54, 1.807) is 24.3 Å². The zero-order chi connectivity index (χ0) is 16.3. The first-order valence-electron chi connectivity index (χ1n) is 6.41. The summed E-state index contributed by atoms with van der Waals surface area (Å²) < 4.78 is 37.8. The van der Waals surface area contributed by atoms with Gasteiger partial charge in [-0.2, -0.15) is 13.2 Å². The first kappa shape index (κ1) is 15.8. The number of H-pyrrole nitrogens is 1. The number of hydrogen-bond acceptors (Lipinski definition) is 2. The quantitative estimate of drug-likeness (QED) is 0.883. The Kier molecular flexibility index (Phi) is 4.35. The molecule has 22 heavy (non-hydrogen) atoms. The number of hydrogen-bond donors (Lipinski definition) is 1. The Bertz CT molecular complexity index is 765. The number of aromatic nitrogens is 1. The molecule has 0 saturated carbocycles. The van der Waals surface area contributed by atoms with Crippen LogP contribution in [0, 0.1) is 0 Å². The van der Waals surface area contributed by atoms with Gasteiger partial charge in [0, 0.05) is 23.5 Å². The molecule has 1 N–H and O–H groups in total. The minimum Gasteiger partial charge on any atom is -0.326 e. The summed E-state index contributed by atoms with van der Waals surface area (Å²) in [6.07, 6.45) is -3.32. The average molecular weight is 310 g/mol. The van der Waals surface area contributed by atoms with Crippen LogP contribution in [0.3, 0.4) is 0 Å². The summed E-state index contributed by atoms with van der Waals surface area (Å²) in [6.45, 7) is 1.69. The molecule has 0 bridgehead atoms. The average Bonchev–Trinajstić information content (AvgIpc) is 2.43. The fourth-order valence-electron chi connectivity index (χ4n) is 2.14. The Hall–Kier alpha value is -2.57. The number of nitrogens with one attached hydrogen (secondary N) is 1. The minimum absolute atomic E-state index is 0.0644. The molecule has 0 radical (unpaired) electrons. The number of para-hydroxylation sites is 1. The summed E-state index contributed by atoms with van der Waals surface area (Å²) in [5.74, 6) is -0.862. The van der Waals surface area contributed by atoms with E-state index < -0.39 is 24.2 Å². The molecule has 0 unspecified atom stereocenters. The molecule has 1 heterocycles. The Balaban J connectivity index is 2.51. The number of amides is 1. The number of carbonyl (C=O) groups excluding carboxylic acids is 1. The summed E-state index contributed by atoms with van der Waals surface area (Å²) in [6, 6.07) is 7.45. The van der Waals surface area contributed by atoms with Crippen LogP contribution in [0.5, 0.6) is 0 Å². The van der Waals surface area contributed by atoms with E-state index in [-0.39, 0.29) is 12.1 Å². The van der Waals surface area contributed by atoms with Gasteiger partial charge in [-0.25, -0.2) is 0 Å². The molecular formula is C15H13F3N2O2. The summed E-state index contributed by atoms with van der Waals surface area (Å²) in [4.78, 5) is 27.2. The smallest absolute Gasteiger partial charge is 0.326 e. The van der Waals surface area contributed by atoms with Crippen molar-refractivity contribution in [3.05, 3.63) is 58.9 Å². The Labute approximate surface area is 123 Å². The molecule has 1 aromatic heterocycles. The lowest BCUT2D eigenvalue weighted by molar-refractivity contribution is -0.139. The Morgan fingerprint density at radius 3 is 2.64 bits per heavy atom. The molecule has 4 nitrogen and oxygen atoms in total. The van der Waals surface area contributed by atoms with Gasteiger partial charge in [0.15, 0.2) is 0 Å². The van der Waals surface area contributed by atoms with E-state index in [9.17, 15) is 22.8 Å². The predicted octanol–water partition coefficient (Wildman–Crippen LogP) is 2.72. The second-order valence-electron chi connectivity index (χ2n) is 4.68. The van der Waals surface area contributed by atoms with Crippen molar-refractivity contribution in [2.45, 2.75) is 6.18 Å². The van der Waals surface area contributed by atoms with Crippen LogP contribution in [-0.4, -0.2) is 35.1 Å². The highest BCUT2D eigenvalue weighted by Crippen LogP contribution is 2.21. The van der Waals surface area contributed by atoms with Crippen LogP contribution < -0.4 is 5.56 Å². The van der Waals surface area contributed by atoms with Gasteiger partial charge in [0.2, 0.25) is 5.56 Å². The summed E-state index contributed by atoms with van der Waals surface area (Å²) >= 11 is 0. The molecule has 0 saturated heterocycles. The number of nitrogens with zero attached hydrogens (tertiary/aromatic N) is 1. The van der Waals surface area contributed by atoms with Crippen molar-refractivity contribution in [3.63, 3.8) is 0 Å². The molecule has 2 aromatic rings. The predicted molar refractivity (Wildman–Crippen MR) is 76.7 cm³/mol. The van der Waals surface area contributed by atoms with Gasteiger partial charge in [0.25, 0.3) is 5.91 Å². The number of carbonyl (C=O) groups is 1. The lowest BCUT2D eigenvalue weighted by atomic mass is 10.1. The van der Waals surface area contributed by atoms with Crippen LogP contribution in [0.25, 0.3) is 10.9 Å². The first-order valence-corrected chi connectivity index (χ1v) is 6.41. The SMILES string of the molecule is C=CCN(CC(F)(F)F)C(=O)c1cc(=O)[nH]c2ccccc12. The van der Waals surface area contributed by atoms with Crippen molar-refractivity contribution < 1.29 is 18.0 Å². The second-order valence-corrected chi connectivity index (χ2v) is 4.68. The lowest BCUT2D eigenvalue weighted by Crippen LogP contribution is -2.39. The van der Waals surface area contributed by atoms with Crippen molar-refractivity contribution in [2.75, 3.05) is 13.1 Å². The number of benzene rings is 1. The van der Waals surface area contributed by atoms with Crippen molar-refractivity contribution in [2.24, 2.45) is 0 Å². The van der Waals surface area contributed by atoms with Gasteiger partial charge in [-0.05, 0) is 6.07 Å². The van der Waals surface area contributed by atoms with Gasteiger partial charge < -0.3 is 9.88 Å².